The summed E-state index contributed by atoms with van der Waals surface area (Å²) in [6, 6.07) is 0. The van der Waals surface area contributed by atoms with E-state index in [9.17, 15) is 0 Å². The smallest absolute Gasteiger partial charge is 0.134 e. The summed E-state index contributed by atoms with van der Waals surface area (Å²) in [5.74, 6) is 2.98. The molecule has 1 heterocycles. The Balaban J connectivity index is 2.74. The van der Waals surface area contributed by atoms with Crippen LogP contribution in [0.2, 0.25) is 0 Å². The van der Waals surface area contributed by atoms with E-state index in [0.717, 1.165) is 49.0 Å². The van der Waals surface area contributed by atoms with Crippen LogP contribution < -0.4 is 10.6 Å². The van der Waals surface area contributed by atoms with Crippen LogP contribution in [0.4, 0.5) is 11.6 Å². The number of nitrogens with one attached hydrogen (secondary N) is 2. The molecule has 0 aliphatic carbocycles. The highest BCUT2D eigenvalue weighted by Gasteiger charge is 2.09. The fraction of sp³-hybridized carbons (Fsp3) is 0.714. The molecule has 1 unspecified atom stereocenters. The minimum atomic E-state index is 0.230. The van der Waals surface area contributed by atoms with Gasteiger partial charge in [-0.3, -0.25) is 0 Å². The van der Waals surface area contributed by atoms with Gasteiger partial charge in [0.15, 0.2) is 0 Å². The van der Waals surface area contributed by atoms with Gasteiger partial charge in [-0.2, -0.15) is 0 Å². The molecule has 1 aromatic rings. The van der Waals surface area contributed by atoms with Crippen molar-refractivity contribution in [1.82, 2.24) is 9.97 Å². The molecule has 0 saturated heterocycles. The molecular weight excluding hydrogens is 240 g/mol. The molecule has 108 valence electrons. The van der Waals surface area contributed by atoms with Crippen LogP contribution in [0.1, 0.15) is 38.1 Å². The van der Waals surface area contributed by atoms with E-state index in [1.807, 2.05) is 13.8 Å². The highest BCUT2D eigenvalue weighted by Crippen LogP contribution is 2.20. The summed E-state index contributed by atoms with van der Waals surface area (Å²) in [5, 5.41) is 15.6. The fourth-order valence-electron chi connectivity index (χ4n) is 1.81. The van der Waals surface area contributed by atoms with Gasteiger partial charge in [0.05, 0.1) is 0 Å². The van der Waals surface area contributed by atoms with E-state index >= 15 is 0 Å². The van der Waals surface area contributed by atoms with Gasteiger partial charge in [-0.05, 0) is 32.6 Å². The quantitative estimate of drug-likeness (QED) is 0.674. The van der Waals surface area contributed by atoms with Crippen molar-refractivity contribution in [2.75, 3.05) is 30.3 Å². The summed E-state index contributed by atoms with van der Waals surface area (Å²) in [6.07, 6.45) is 1.87. The number of nitrogens with zero attached hydrogens (tertiary/aromatic N) is 2. The van der Waals surface area contributed by atoms with Gasteiger partial charge in [0.1, 0.15) is 17.5 Å². The van der Waals surface area contributed by atoms with Crippen molar-refractivity contribution >= 4 is 11.6 Å². The van der Waals surface area contributed by atoms with Crippen molar-refractivity contribution in [3.05, 3.63) is 11.4 Å². The standard InChI is InChI=1S/C14H26N4O/c1-5-7-15-13-11(3)14(18-12(4)17-13)16-9-10(2)6-8-19/h10,19H,5-9H2,1-4H3,(H2,15,16,17,18). The molecule has 1 atom stereocenters. The minimum Gasteiger partial charge on any atom is -0.396 e. The zero-order chi connectivity index (χ0) is 14.3. The Kier molecular flexibility index (Phi) is 6.56. The second-order valence-electron chi connectivity index (χ2n) is 5.02. The monoisotopic (exact) mass is 266 g/mol. The number of aliphatic hydroxyl groups is 1. The lowest BCUT2D eigenvalue weighted by Crippen LogP contribution is -2.16. The maximum Gasteiger partial charge on any atom is 0.134 e. The first kappa shape index (κ1) is 15.7. The van der Waals surface area contributed by atoms with Crippen LogP contribution in [-0.4, -0.2) is 34.8 Å². The molecule has 3 N–H and O–H groups in total. The number of hydrogen-bond donors (Lipinski definition) is 3. The normalized spacial score (nSPS) is 12.3. The average Bonchev–Trinajstić information content (AvgIpc) is 2.38. The van der Waals surface area contributed by atoms with Gasteiger partial charge in [-0.25, -0.2) is 9.97 Å². The van der Waals surface area contributed by atoms with Gasteiger partial charge >= 0.3 is 0 Å². The van der Waals surface area contributed by atoms with Crippen LogP contribution in [-0.2, 0) is 0 Å². The minimum absolute atomic E-state index is 0.230. The summed E-state index contributed by atoms with van der Waals surface area (Å²) in [6.45, 7) is 10.1. The van der Waals surface area contributed by atoms with E-state index in [-0.39, 0.29) is 6.61 Å². The number of aliphatic hydroxyl groups excluding tert-OH is 1. The van der Waals surface area contributed by atoms with Crippen LogP contribution in [0.25, 0.3) is 0 Å². The Morgan fingerprint density at radius 2 is 1.79 bits per heavy atom. The van der Waals surface area contributed by atoms with Crippen molar-refractivity contribution in [3.8, 4) is 0 Å². The summed E-state index contributed by atoms with van der Waals surface area (Å²) in [4.78, 5) is 8.88. The second kappa shape index (κ2) is 7.94. The Morgan fingerprint density at radius 1 is 1.16 bits per heavy atom. The highest BCUT2D eigenvalue weighted by atomic mass is 16.3. The van der Waals surface area contributed by atoms with Crippen LogP contribution >= 0.6 is 0 Å². The van der Waals surface area contributed by atoms with Crippen molar-refractivity contribution < 1.29 is 5.11 Å². The predicted molar refractivity (Wildman–Crippen MR) is 79.6 cm³/mol. The van der Waals surface area contributed by atoms with Crippen molar-refractivity contribution in [2.24, 2.45) is 5.92 Å². The van der Waals surface area contributed by atoms with Gasteiger partial charge in [-0.15, -0.1) is 0 Å². The maximum atomic E-state index is 8.91. The lowest BCUT2D eigenvalue weighted by molar-refractivity contribution is 0.266. The zero-order valence-electron chi connectivity index (χ0n) is 12.5. The van der Waals surface area contributed by atoms with Crippen LogP contribution in [0, 0.1) is 19.8 Å². The fourth-order valence-corrected chi connectivity index (χ4v) is 1.81. The van der Waals surface area contributed by atoms with E-state index in [2.05, 4.69) is 34.4 Å². The molecule has 5 nitrogen and oxygen atoms in total. The topological polar surface area (TPSA) is 70.1 Å². The molecule has 5 heteroatoms. The molecule has 0 amide bonds. The van der Waals surface area contributed by atoms with E-state index in [4.69, 9.17) is 5.11 Å². The molecule has 19 heavy (non-hydrogen) atoms. The zero-order valence-corrected chi connectivity index (χ0v) is 12.5. The summed E-state index contributed by atoms with van der Waals surface area (Å²) >= 11 is 0. The lowest BCUT2D eigenvalue weighted by Gasteiger charge is -2.16. The lowest BCUT2D eigenvalue weighted by atomic mass is 10.1. The molecule has 0 fully saturated rings. The largest absolute Gasteiger partial charge is 0.396 e. The van der Waals surface area contributed by atoms with Crippen molar-refractivity contribution in [3.63, 3.8) is 0 Å². The first-order valence-electron chi connectivity index (χ1n) is 7.02. The summed E-state index contributed by atoms with van der Waals surface area (Å²) in [7, 11) is 0. The molecular formula is C14H26N4O. The Morgan fingerprint density at radius 3 is 2.37 bits per heavy atom. The number of aromatic nitrogens is 2. The number of anilines is 2. The van der Waals surface area contributed by atoms with Gasteiger partial charge in [0, 0.05) is 25.3 Å². The van der Waals surface area contributed by atoms with E-state index in [1.54, 1.807) is 0 Å². The van der Waals surface area contributed by atoms with Crippen LogP contribution in [0.3, 0.4) is 0 Å². The molecule has 0 aliphatic rings. The summed E-state index contributed by atoms with van der Waals surface area (Å²) in [5.41, 5.74) is 1.05. The van der Waals surface area contributed by atoms with Gasteiger partial charge < -0.3 is 15.7 Å². The highest BCUT2D eigenvalue weighted by molar-refractivity contribution is 5.57. The Hall–Kier alpha value is -1.36. The number of hydrogen-bond acceptors (Lipinski definition) is 5. The first-order valence-corrected chi connectivity index (χ1v) is 7.02. The third-order valence-corrected chi connectivity index (χ3v) is 3.04. The van der Waals surface area contributed by atoms with E-state index < -0.39 is 0 Å². The molecule has 1 rings (SSSR count). The maximum absolute atomic E-state index is 8.91. The third-order valence-electron chi connectivity index (χ3n) is 3.04. The van der Waals surface area contributed by atoms with Gasteiger partial charge in [-0.1, -0.05) is 13.8 Å². The van der Waals surface area contributed by atoms with Gasteiger partial charge in [0.25, 0.3) is 0 Å². The molecule has 0 aromatic carbocycles. The SMILES string of the molecule is CCCNc1nc(C)nc(NCC(C)CCO)c1C. The average molecular weight is 266 g/mol. The molecule has 0 aliphatic heterocycles. The second-order valence-corrected chi connectivity index (χ2v) is 5.02. The molecule has 0 saturated carbocycles. The molecule has 0 spiro atoms. The predicted octanol–water partition coefficient (Wildman–Crippen LogP) is 2.35. The Bertz CT molecular complexity index is 395. The number of rotatable bonds is 8. The van der Waals surface area contributed by atoms with Crippen molar-refractivity contribution in [2.45, 2.75) is 40.5 Å². The Labute approximate surface area is 115 Å². The number of aryl methyl sites for hydroxylation is 1. The first-order chi connectivity index (χ1) is 9.08. The summed E-state index contributed by atoms with van der Waals surface area (Å²) < 4.78 is 0. The van der Waals surface area contributed by atoms with Crippen molar-refractivity contribution in [1.29, 1.82) is 0 Å². The molecule has 1 aromatic heterocycles. The van der Waals surface area contributed by atoms with Crippen LogP contribution in [0.15, 0.2) is 0 Å². The van der Waals surface area contributed by atoms with E-state index in [1.165, 1.54) is 0 Å². The molecule has 0 bridgehead atoms. The van der Waals surface area contributed by atoms with Crippen LogP contribution in [0.5, 0.6) is 0 Å². The van der Waals surface area contributed by atoms with E-state index in [0.29, 0.717) is 5.92 Å². The van der Waals surface area contributed by atoms with Gasteiger partial charge in [0.2, 0.25) is 0 Å². The third kappa shape index (κ3) is 5.03. The molecule has 0 radical (unpaired) electrons.